The molecule has 2 amide bonds. The minimum absolute atomic E-state index is 0.0432. The van der Waals surface area contributed by atoms with Gasteiger partial charge in [0.05, 0.1) is 6.10 Å². The molecular weight excluding hydrogens is 312 g/mol. The second-order valence-corrected chi connectivity index (χ2v) is 6.15. The highest BCUT2D eigenvalue weighted by molar-refractivity contribution is 5.92. The molecule has 0 aromatic carbocycles. The lowest BCUT2D eigenvalue weighted by atomic mass is 10.2. The molecule has 2 aliphatic rings. The van der Waals surface area contributed by atoms with Gasteiger partial charge in [-0.3, -0.25) is 14.4 Å². The molecule has 1 N–H and O–H groups in total. The van der Waals surface area contributed by atoms with Gasteiger partial charge in [-0.1, -0.05) is 0 Å². The number of carbonyl (C=O) groups is 2. The van der Waals surface area contributed by atoms with Crippen molar-refractivity contribution in [2.24, 2.45) is 0 Å². The lowest BCUT2D eigenvalue weighted by Crippen LogP contribution is -2.38. The number of carbonyl (C=O) groups excluding carboxylic acids is 2. The molecule has 8 heteroatoms. The Bertz CT molecular complexity index is 660. The molecule has 1 aromatic rings. The van der Waals surface area contributed by atoms with Crippen LogP contribution in [0.2, 0.25) is 0 Å². The van der Waals surface area contributed by atoms with Crippen molar-refractivity contribution >= 4 is 11.8 Å². The molecular formula is C16H22N4O4. The van der Waals surface area contributed by atoms with E-state index in [9.17, 15) is 14.4 Å². The summed E-state index contributed by atoms with van der Waals surface area (Å²) in [4.78, 5) is 37.9. The SMILES string of the molecule is O=C(Cn1nc(C(=O)N2CCCC2)ccc1=O)NC[C@H]1CCCO1. The van der Waals surface area contributed by atoms with Gasteiger partial charge in [0.15, 0.2) is 0 Å². The van der Waals surface area contributed by atoms with Gasteiger partial charge in [0.25, 0.3) is 11.5 Å². The molecule has 3 heterocycles. The van der Waals surface area contributed by atoms with Crippen LogP contribution in [0.3, 0.4) is 0 Å². The molecule has 24 heavy (non-hydrogen) atoms. The molecule has 0 radical (unpaired) electrons. The van der Waals surface area contributed by atoms with Crippen LogP contribution in [0.4, 0.5) is 0 Å². The van der Waals surface area contributed by atoms with Crippen LogP contribution in [0.15, 0.2) is 16.9 Å². The summed E-state index contributed by atoms with van der Waals surface area (Å²) < 4.78 is 6.47. The van der Waals surface area contributed by atoms with Gasteiger partial charge in [-0.25, -0.2) is 4.68 Å². The van der Waals surface area contributed by atoms with Gasteiger partial charge in [-0.15, -0.1) is 0 Å². The van der Waals surface area contributed by atoms with Crippen LogP contribution in [0.5, 0.6) is 0 Å². The van der Waals surface area contributed by atoms with Crippen molar-refractivity contribution in [2.75, 3.05) is 26.2 Å². The number of nitrogens with zero attached hydrogens (tertiary/aromatic N) is 3. The Morgan fingerprint density at radius 3 is 2.75 bits per heavy atom. The van der Waals surface area contributed by atoms with E-state index in [0.29, 0.717) is 19.6 Å². The van der Waals surface area contributed by atoms with E-state index in [4.69, 9.17) is 4.74 Å². The zero-order chi connectivity index (χ0) is 16.9. The zero-order valence-electron chi connectivity index (χ0n) is 13.6. The summed E-state index contributed by atoms with van der Waals surface area (Å²) in [5.41, 5.74) is -0.205. The first-order valence-electron chi connectivity index (χ1n) is 8.39. The second kappa shape index (κ2) is 7.57. The average Bonchev–Trinajstić information content (AvgIpc) is 3.28. The Labute approximate surface area is 139 Å². The normalized spacial score (nSPS) is 20.3. The molecule has 130 valence electrons. The van der Waals surface area contributed by atoms with Gasteiger partial charge in [-0.2, -0.15) is 5.10 Å². The summed E-state index contributed by atoms with van der Waals surface area (Å²) in [6.45, 7) is 2.37. The number of likely N-dealkylation sites (tertiary alicyclic amines) is 1. The van der Waals surface area contributed by atoms with Crippen LogP contribution in [0.25, 0.3) is 0 Å². The maximum absolute atomic E-state index is 12.3. The van der Waals surface area contributed by atoms with E-state index in [1.165, 1.54) is 12.1 Å². The number of ether oxygens (including phenoxy) is 1. The summed E-state index contributed by atoms with van der Waals surface area (Å²) in [6, 6.07) is 2.70. The Balaban J connectivity index is 1.61. The van der Waals surface area contributed by atoms with Crippen molar-refractivity contribution in [3.63, 3.8) is 0 Å². The predicted octanol–water partition coefficient (Wildman–Crippen LogP) is -0.225. The Morgan fingerprint density at radius 2 is 2.04 bits per heavy atom. The lowest BCUT2D eigenvalue weighted by Gasteiger charge is -2.15. The Kier molecular flexibility index (Phi) is 5.24. The molecule has 1 aromatic heterocycles. The third-order valence-corrected chi connectivity index (χ3v) is 4.32. The highest BCUT2D eigenvalue weighted by Crippen LogP contribution is 2.11. The van der Waals surface area contributed by atoms with Crippen molar-refractivity contribution in [3.8, 4) is 0 Å². The van der Waals surface area contributed by atoms with Gasteiger partial charge in [-0.05, 0) is 31.7 Å². The maximum atomic E-state index is 12.3. The van der Waals surface area contributed by atoms with Crippen LogP contribution in [0, 0.1) is 0 Å². The third-order valence-electron chi connectivity index (χ3n) is 4.32. The first-order valence-corrected chi connectivity index (χ1v) is 8.39. The molecule has 2 aliphatic heterocycles. The molecule has 1 atom stereocenters. The quantitative estimate of drug-likeness (QED) is 0.803. The molecule has 2 fully saturated rings. The first-order chi connectivity index (χ1) is 11.6. The van der Waals surface area contributed by atoms with Crippen molar-refractivity contribution < 1.29 is 14.3 Å². The molecule has 8 nitrogen and oxygen atoms in total. The lowest BCUT2D eigenvalue weighted by molar-refractivity contribution is -0.122. The van der Waals surface area contributed by atoms with Gasteiger partial charge in [0, 0.05) is 32.3 Å². The summed E-state index contributed by atoms with van der Waals surface area (Å²) in [5, 5.41) is 6.80. The molecule has 0 aliphatic carbocycles. The van der Waals surface area contributed by atoms with E-state index >= 15 is 0 Å². The zero-order valence-corrected chi connectivity index (χ0v) is 13.6. The molecule has 0 saturated carbocycles. The van der Waals surface area contributed by atoms with Gasteiger partial charge in [0.2, 0.25) is 5.91 Å². The summed E-state index contributed by atoms with van der Waals surface area (Å²) in [7, 11) is 0. The van der Waals surface area contributed by atoms with Crippen LogP contribution in [-0.2, 0) is 16.1 Å². The van der Waals surface area contributed by atoms with E-state index in [0.717, 1.165) is 37.0 Å². The second-order valence-electron chi connectivity index (χ2n) is 6.15. The summed E-state index contributed by atoms with van der Waals surface area (Å²) in [5.74, 6) is -0.508. The fourth-order valence-electron chi connectivity index (χ4n) is 2.98. The van der Waals surface area contributed by atoms with Crippen LogP contribution >= 0.6 is 0 Å². The highest BCUT2D eigenvalue weighted by atomic mass is 16.5. The Morgan fingerprint density at radius 1 is 1.25 bits per heavy atom. The van der Waals surface area contributed by atoms with E-state index < -0.39 is 5.56 Å². The minimum atomic E-state index is -0.403. The first kappa shape index (κ1) is 16.6. The minimum Gasteiger partial charge on any atom is -0.376 e. The van der Waals surface area contributed by atoms with Gasteiger partial charge >= 0.3 is 0 Å². The fourth-order valence-corrected chi connectivity index (χ4v) is 2.98. The molecule has 0 bridgehead atoms. The number of amides is 2. The fraction of sp³-hybridized carbons (Fsp3) is 0.625. The van der Waals surface area contributed by atoms with E-state index in [-0.39, 0.29) is 30.2 Å². The maximum Gasteiger partial charge on any atom is 0.274 e. The third kappa shape index (κ3) is 4.00. The molecule has 0 unspecified atom stereocenters. The van der Waals surface area contributed by atoms with Crippen molar-refractivity contribution in [1.82, 2.24) is 20.0 Å². The standard InChI is InChI=1S/C16H22N4O4/c21-14(17-10-12-4-3-9-24-12)11-20-15(22)6-5-13(18-20)16(23)19-7-1-2-8-19/h5-6,12H,1-4,7-11H2,(H,17,21)/t12-/m1/s1. The molecule has 3 rings (SSSR count). The van der Waals surface area contributed by atoms with Crippen molar-refractivity contribution in [3.05, 3.63) is 28.2 Å². The molecule has 0 spiro atoms. The summed E-state index contributed by atoms with van der Waals surface area (Å²) >= 11 is 0. The number of aromatic nitrogens is 2. The van der Waals surface area contributed by atoms with Crippen molar-refractivity contribution in [1.29, 1.82) is 0 Å². The van der Waals surface area contributed by atoms with E-state index in [1.807, 2.05) is 0 Å². The highest BCUT2D eigenvalue weighted by Gasteiger charge is 2.22. The number of nitrogens with one attached hydrogen (secondary N) is 1. The predicted molar refractivity (Wildman–Crippen MR) is 85.6 cm³/mol. The van der Waals surface area contributed by atoms with Gasteiger partial charge in [0.1, 0.15) is 12.2 Å². The Hall–Kier alpha value is -2.22. The van der Waals surface area contributed by atoms with Crippen LogP contribution < -0.4 is 10.9 Å². The van der Waals surface area contributed by atoms with Crippen LogP contribution in [-0.4, -0.2) is 58.8 Å². The van der Waals surface area contributed by atoms with Crippen LogP contribution in [0.1, 0.15) is 36.2 Å². The largest absolute Gasteiger partial charge is 0.376 e. The topological polar surface area (TPSA) is 93.5 Å². The number of hydrogen-bond acceptors (Lipinski definition) is 5. The van der Waals surface area contributed by atoms with E-state index in [1.54, 1.807) is 4.90 Å². The van der Waals surface area contributed by atoms with Crippen molar-refractivity contribution in [2.45, 2.75) is 38.3 Å². The summed E-state index contributed by atoms with van der Waals surface area (Å²) in [6.07, 6.45) is 3.94. The van der Waals surface area contributed by atoms with Gasteiger partial charge < -0.3 is 15.0 Å². The smallest absolute Gasteiger partial charge is 0.274 e. The number of hydrogen-bond donors (Lipinski definition) is 1. The monoisotopic (exact) mass is 334 g/mol. The molecule has 2 saturated heterocycles. The average molecular weight is 334 g/mol. The number of rotatable bonds is 5. The van der Waals surface area contributed by atoms with E-state index in [2.05, 4.69) is 10.4 Å².